The van der Waals surface area contributed by atoms with Crippen LogP contribution in [0.3, 0.4) is 0 Å². The number of para-hydroxylation sites is 1. The third kappa shape index (κ3) is 2.28. The molecular weight excluding hydrogens is 306 g/mol. The van der Waals surface area contributed by atoms with Gasteiger partial charge in [0, 0.05) is 27.7 Å². The van der Waals surface area contributed by atoms with Gasteiger partial charge in [-0.3, -0.25) is 0 Å². The van der Waals surface area contributed by atoms with Gasteiger partial charge in [-0.15, -0.1) is 0 Å². The molecule has 0 amide bonds. The number of benzene rings is 2. The molecule has 0 aliphatic rings. The number of hydrogen-bond acceptors (Lipinski definition) is 1. The number of rotatable bonds is 2. The van der Waals surface area contributed by atoms with Crippen molar-refractivity contribution in [1.29, 1.82) is 0 Å². The van der Waals surface area contributed by atoms with Crippen molar-refractivity contribution in [2.45, 2.75) is 20.4 Å². The fourth-order valence-corrected chi connectivity index (χ4v) is 3.53. The Bertz CT molecular complexity index is 1020. The molecule has 0 radical (unpaired) electrons. The number of aryl methyl sites for hydroxylation is 2. The molecule has 0 saturated heterocycles. The SMILES string of the molecule is Cc1c2cc[n+](CCN)cc2c(C)c2c1[nH]c1ccccc12.[Cl-]. The van der Waals surface area contributed by atoms with Crippen LogP contribution in [-0.2, 0) is 6.54 Å². The maximum Gasteiger partial charge on any atom is 0.176 e. The Hall–Kier alpha value is -2.10. The standard InChI is InChI=1S/C19H19N3.ClH/c1-12-16-11-22(10-8-20)9-7-14(16)13(2)19-18(12)15-5-3-4-6-17(15)21-19;/h3-7,9,11H,8,10,20H2,1-2H3;1H. The topological polar surface area (TPSA) is 45.7 Å². The van der Waals surface area contributed by atoms with Crippen LogP contribution < -0.4 is 22.7 Å². The molecule has 0 aliphatic carbocycles. The van der Waals surface area contributed by atoms with Crippen LogP contribution in [0.4, 0.5) is 0 Å². The van der Waals surface area contributed by atoms with Crippen LogP contribution in [0.15, 0.2) is 42.7 Å². The van der Waals surface area contributed by atoms with Gasteiger partial charge in [0.05, 0.1) is 12.1 Å². The molecule has 0 unspecified atom stereocenters. The monoisotopic (exact) mass is 325 g/mol. The van der Waals surface area contributed by atoms with E-state index >= 15 is 0 Å². The van der Waals surface area contributed by atoms with E-state index in [9.17, 15) is 0 Å². The van der Waals surface area contributed by atoms with Crippen molar-refractivity contribution in [2.75, 3.05) is 6.54 Å². The molecular formula is C19H20ClN3. The molecule has 118 valence electrons. The summed E-state index contributed by atoms with van der Waals surface area (Å²) in [6.45, 7) is 5.92. The van der Waals surface area contributed by atoms with E-state index in [1.165, 1.54) is 43.7 Å². The van der Waals surface area contributed by atoms with Gasteiger partial charge in [0.2, 0.25) is 0 Å². The second kappa shape index (κ2) is 5.84. The third-order valence-corrected chi connectivity index (χ3v) is 4.67. The lowest BCUT2D eigenvalue weighted by atomic mass is 9.97. The molecule has 2 heterocycles. The van der Waals surface area contributed by atoms with Gasteiger partial charge < -0.3 is 23.1 Å². The van der Waals surface area contributed by atoms with Gasteiger partial charge in [-0.1, -0.05) is 18.2 Å². The Labute approximate surface area is 141 Å². The molecule has 0 fully saturated rings. The van der Waals surface area contributed by atoms with Gasteiger partial charge in [0.1, 0.15) is 0 Å². The molecule has 3 nitrogen and oxygen atoms in total. The average molecular weight is 326 g/mol. The number of nitrogens with two attached hydrogens (primary N) is 1. The highest BCUT2D eigenvalue weighted by Crippen LogP contribution is 2.35. The van der Waals surface area contributed by atoms with Crippen molar-refractivity contribution in [1.82, 2.24) is 4.98 Å². The van der Waals surface area contributed by atoms with E-state index in [2.05, 4.69) is 66.1 Å². The second-order valence-corrected chi connectivity index (χ2v) is 5.97. The summed E-state index contributed by atoms with van der Waals surface area (Å²) in [5.41, 5.74) is 10.8. The maximum absolute atomic E-state index is 5.70. The highest BCUT2D eigenvalue weighted by Gasteiger charge is 2.15. The zero-order valence-electron chi connectivity index (χ0n) is 13.4. The average Bonchev–Trinajstić information content (AvgIpc) is 2.93. The minimum absolute atomic E-state index is 0. The van der Waals surface area contributed by atoms with Crippen LogP contribution in [-0.4, -0.2) is 11.5 Å². The molecule has 23 heavy (non-hydrogen) atoms. The van der Waals surface area contributed by atoms with E-state index in [1.807, 2.05) is 0 Å². The van der Waals surface area contributed by atoms with Crippen LogP contribution in [0.1, 0.15) is 11.1 Å². The number of halogens is 1. The van der Waals surface area contributed by atoms with Crippen molar-refractivity contribution in [2.24, 2.45) is 5.73 Å². The van der Waals surface area contributed by atoms with Crippen LogP contribution in [0, 0.1) is 13.8 Å². The van der Waals surface area contributed by atoms with Gasteiger partial charge in [0.15, 0.2) is 18.9 Å². The summed E-state index contributed by atoms with van der Waals surface area (Å²) in [7, 11) is 0. The van der Waals surface area contributed by atoms with E-state index in [-0.39, 0.29) is 12.4 Å². The van der Waals surface area contributed by atoms with Gasteiger partial charge in [-0.25, -0.2) is 4.57 Å². The van der Waals surface area contributed by atoms with Crippen molar-refractivity contribution in [3.05, 3.63) is 53.9 Å². The highest BCUT2D eigenvalue weighted by molar-refractivity contribution is 6.16. The maximum atomic E-state index is 5.70. The molecule has 0 atom stereocenters. The summed E-state index contributed by atoms with van der Waals surface area (Å²) in [4.78, 5) is 3.59. The minimum atomic E-state index is 0. The van der Waals surface area contributed by atoms with E-state index in [0.717, 1.165) is 6.54 Å². The summed E-state index contributed by atoms with van der Waals surface area (Å²) >= 11 is 0. The Morgan fingerprint density at radius 2 is 1.78 bits per heavy atom. The van der Waals surface area contributed by atoms with Crippen molar-refractivity contribution in [3.63, 3.8) is 0 Å². The molecule has 2 aromatic heterocycles. The number of fused-ring (bicyclic) bond motifs is 4. The van der Waals surface area contributed by atoms with Crippen molar-refractivity contribution < 1.29 is 17.0 Å². The largest absolute Gasteiger partial charge is 1.00 e. The Balaban J connectivity index is 0.00000156. The molecule has 2 aromatic carbocycles. The number of aromatic nitrogens is 2. The molecule has 0 saturated carbocycles. The summed E-state index contributed by atoms with van der Waals surface area (Å²) in [6.07, 6.45) is 4.35. The zero-order valence-corrected chi connectivity index (χ0v) is 14.1. The van der Waals surface area contributed by atoms with Crippen LogP contribution >= 0.6 is 0 Å². The number of nitrogens with one attached hydrogen (secondary N) is 1. The van der Waals surface area contributed by atoms with E-state index in [1.54, 1.807) is 0 Å². The minimum Gasteiger partial charge on any atom is -1.00 e. The smallest absolute Gasteiger partial charge is 0.176 e. The molecule has 0 bridgehead atoms. The highest BCUT2D eigenvalue weighted by atomic mass is 35.5. The van der Waals surface area contributed by atoms with Crippen molar-refractivity contribution >= 4 is 32.6 Å². The van der Waals surface area contributed by atoms with Gasteiger partial charge in [-0.05, 0) is 36.4 Å². The van der Waals surface area contributed by atoms with E-state index in [0.29, 0.717) is 6.54 Å². The summed E-state index contributed by atoms with van der Waals surface area (Å²) in [5, 5.41) is 5.26. The normalized spacial score (nSPS) is 11.3. The molecule has 4 aromatic rings. The van der Waals surface area contributed by atoms with E-state index < -0.39 is 0 Å². The number of H-pyrrole nitrogens is 1. The first-order valence-electron chi connectivity index (χ1n) is 7.73. The van der Waals surface area contributed by atoms with E-state index in [4.69, 9.17) is 5.73 Å². The van der Waals surface area contributed by atoms with Crippen LogP contribution in [0.2, 0.25) is 0 Å². The molecule has 3 N–H and O–H groups in total. The first-order valence-corrected chi connectivity index (χ1v) is 7.73. The lowest BCUT2D eigenvalue weighted by Crippen LogP contribution is -3.00. The summed E-state index contributed by atoms with van der Waals surface area (Å²) < 4.78 is 2.18. The predicted molar refractivity (Wildman–Crippen MR) is 92.0 cm³/mol. The van der Waals surface area contributed by atoms with Gasteiger partial charge in [0.25, 0.3) is 0 Å². The number of nitrogens with zero attached hydrogens (tertiary/aromatic N) is 1. The van der Waals surface area contributed by atoms with Gasteiger partial charge >= 0.3 is 0 Å². The third-order valence-electron chi connectivity index (χ3n) is 4.67. The Kier molecular flexibility index (Phi) is 4.00. The summed E-state index contributed by atoms with van der Waals surface area (Å²) in [5.74, 6) is 0. The summed E-state index contributed by atoms with van der Waals surface area (Å²) in [6, 6.07) is 10.7. The van der Waals surface area contributed by atoms with Crippen LogP contribution in [0.5, 0.6) is 0 Å². The Morgan fingerprint density at radius 1 is 1.00 bits per heavy atom. The fraction of sp³-hybridized carbons (Fsp3) is 0.211. The molecule has 4 heteroatoms. The lowest BCUT2D eigenvalue weighted by molar-refractivity contribution is -0.693. The first-order chi connectivity index (χ1) is 10.7. The number of pyridine rings is 1. The van der Waals surface area contributed by atoms with Crippen molar-refractivity contribution in [3.8, 4) is 0 Å². The quantitative estimate of drug-likeness (QED) is 0.513. The Morgan fingerprint density at radius 3 is 2.57 bits per heavy atom. The predicted octanol–water partition coefficient (Wildman–Crippen LogP) is 0.341. The number of hydrogen-bond donors (Lipinski definition) is 2. The fourth-order valence-electron chi connectivity index (χ4n) is 3.53. The van der Waals surface area contributed by atoms with Gasteiger partial charge in [-0.2, -0.15) is 0 Å². The molecule has 0 spiro atoms. The lowest BCUT2D eigenvalue weighted by Gasteiger charge is -2.08. The first kappa shape index (κ1) is 15.8. The molecule has 4 rings (SSSR count). The molecule has 0 aliphatic heterocycles. The number of aromatic amines is 1. The second-order valence-electron chi connectivity index (χ2n) is 5.97. The zero-order chi connectivity index (χ0) is 15.3. The van der Waals surface area contributed by atoms with Crippen LogP contribution in [0.25, 0.3) is 32.6 Å².